The number of rotatable bonds is 9. The number of nitrogens with one attached hydrogen (secondary N) is 1. The van der Waals surface area contributed by atoms with Crippen molar-refractivity contribution in [3.8, 4) is 0 Å². The van der Waals surface area contributed by atoms with Crippen LogP contribution in [0, 0.1) is 5.92 Å². The van der Waals surface area contributed by atoms with Gasteiger partial charge in [-0.15, -0.1) is 0 Å². The Bertz CT molecular complexity index is 632. The first-order chi connectivity index (χ1) is 10.9. The van der Waals surface area contributed by atoms with Crippen LogP contribution in [0.5, 0.6) is 0 Å². The molecule has 5 nitrogen and oxygen atoms in total. The molecule has 6 heteroatoms. The molecule has 0 spiro atoms. The zero-order valence-corrected chi connectivity index (χ0v) is 14.9. The fourth-order valence-corrected chi connectivity index (χ4v) is 3.79. The lowest BCUT2D eigenvalue weighted by Gasteiger charge is -2.26. The van der Waals surface area contributed by atoms with E-state index in [0.717, 1.165) is 25.9 Å². The van der Waals surface area contributed by atoms with Gasteiger partial charge in [0.15, 0.2) is 5.78 Å². The van der Waals surface area contributed by atoms with Crippen molar-refractivity contribution in [2.75, 3.05) is 19.6 Å². The second-order valence-corrected chi connectivity index (χ2v) is 7.85. The van der Waals surface area contributed by atoms with Crippen LogP contribution in [-0.2, 0) is 10.0 Å². The molecule has 0 bridgehead atoms. The number of ketones is 1. The van der Waals surface area contributed by atoms with E-state index in [9.17, 15) is 13.2 Å². The summed E-state index contributed by atoms with van der Waals surface area (Å²) in [5.74, 6) is 0.266. The van der Waals surface area contributed by atoms with E-state index in [1.807, 2.05) is 6.92 Å². The molecule has 128 valence electrons. The van der Waals surface area contributed by atoms with Gasteiger partial charge in [0.1, 0.15) is 0 Å². The van der Waals surface area contributed by atoms with Crippen molar-refractivity contribution in [2.24, 2.45) is 5.92 Å². The highest BCUT2D eigenvalue weighted by Crippen LogP contribution is 2.32. The number of nitrogens with zero attached hydrogens (tertiary/aromatic N) is 1. The quantitative estimate of drug-likeness (QED) is 0.702. The minimum Gasteiger partial charge on any atom is -0.300 e. The Morgan fingerprint density at radius 2 is 1.78 bits per heavy atom. The minimum atomic E-state index is -3.54. The van der Waals surface area contributed by atoms with Crippen LogP contribution in [0.15, 0.2) is 29.2 Å². The van der Waals surface area contributed by atoms with Crippen molar-refractivity contribution in [2.45, 2.75) is 44.6 Å². The summed E-state index contributed by atoms with van der Waals surface area (Å²) in [4.78, 5) is 14.4. The fourth-order valence-electron chi connectivity index (χ4n) is 2.67. The molecule has 0 heterocycles. The third kappa shape index (κ3) is 4.62. The summed E-state index contributed by atoms with van der Waals surface area (Å²) in [6, 6.07) is 6.39. The number of sulfonamides is 1. The number of carbonyl (C=O) groups is 1. The van der Waals surface area contributed by atoms with Crippen LogP contribution in [-0.4, -0.2) is 44.8 Å². The molecule has 0 saturated heterocycles. The Morgan fingerprint density at radius 1 is 1.22 bits per heavy atom. The first-order valence-electron chi connectivity index (χ1n) is 8.27. The summed E-state index contributed by atoms with van der Waals surface area (Å²) in [6.45, 7) is 8.27. The van der Waals surface area contributed by atoms with E-state index in [1.165, 1.54) is 12.1 Å². The van der Waals surface area contributed by atoms with E-state index in [2.05, 4.69) is 23.5 Å². The lowest BCUT2D eigenvalue weighted by Crippen LogP contribution is -2.41. The van der Waals surface area contributed by atoms with Gasteiger partial charge in [0.2, 0.25) is 10.0 Å². The molecule has 0 aliphatic heterocycles. The predicted molar refractivity (Wildman–Crippen MR) is 91.1 cm³/mol. The largest absolute Gasteiger partial charge is 0.300 e. The van der Waals surface area contributed by atoms with Gasteiger partial charge in [-0.2, -0.15) is 0 Å². The van der Waals surface area contributed by atoms with Crippen LogP contribution < -0.4 is 4.72 Å². The molecular weight excluding hydrogens is 312 g/mol. The Balaban J connectivity index is 2.00. The standard InChI is InChI=1S/C17H26N2O3S/c1-4-19(5-2)13(3)12-18-23(21,22)16-10-8-15(9-11-16)17(20)14-6-7-14/h8-11,13-14,18H,4-7,12H2,1-3H3. The lowest BCUT2D eigenvalue weighted by atomic mass is 10.1. The van der Waals surface area contributed by atoms with E-state index in [-0.39, 0.29) is 22.6 Å². The Labute approximate surface area is 139 Å². The van der Waals surface area contributed by atoms with Crippen LogP contribution in [0.4, 0.5) is 0 Å². The summed E-state index contributed by atoms with van der Waals surface area (Å²) in [5.41, 5.74) is 0.600. The maximum absolute atomic E-state index is 12.3. The number of likely N-dealkylation sites (N-methyl/N-ethyl adjacent to an activating group) is 1. The predicted octanol–water partition coefficient (Wildman–Crippen LogP) is 2.29. The zero-order chi connectivity index (χ0) is 17.0. The lowest BCUT2D eigenvalue weighted by molar-refractivity contribution is 0.0967. The molecule has 1 aliphatic rings. The average Bonchev–Trinajstić information content (AvgIpc) is 3.38. The first kappa shape index (κ1) is 18.1. The maximum Gasteiger partial charge on any atom is 0.240 e. The van der Waals surface area contributed by atoms with Gasteiger partial charge in [0, 0.05) is 24.1 Å². The van der Waals surface area contributed by atoms with Gasteiger partial charge in [0.05, 0.1) is 4.90 Å². The second kappa shape index (κ2) is 7.55. The molecule has 1 aromatic rings. The van der Waals surface area contributed by atoms with Crippen molar-refractivity contribution >= 4 is 15.8 Å². The van der Waals surface area contributed by atoms with Gasteiger partial charge in [-0.05, 0) is 45.0 Å². The van der Waals surface area contributed by atoms with Gasteiger partial charge >= 0.3 is 0 Å². The number of hydrogen-bond donors (Lipinski definition) is 1. The van der Waals surface area contributed by atoms with Gasteiger partial charge in [-0.1, -0.05) is 26.0 Å². The van der Waals surface area contributed by atoms with E-state index in [0.29, 0.717) is 12.1 Å². The molecular formula is C17H26N2O3S. The van der Waals surface area contributed by atoms with E-state index < -0.39 is 10.0 Å². The molecule has 1 unspecified atom stereocenters. The van der Waals surface area contributed by atoms with Crippen molar-refractivity contribution in [3.05, 3.63) is 29.8 Å². The summed E-state index contributed by atoms with van der Waals surface area (Å²) >= 11 is 0. The number of benzene rings is 1. The Morgan fingerprint density at radius 3 is 2.26 bits per heavy atom. The van der Waals surface area contributed by atoms with Crippen molar-refractivity contribution in [1.82, 2.24) is 9.62 Å². The van der Waals surface area contributed by atoms with Crippen LogP contribution in [0.2, 0.25) is 0 Å². The van der Waals surface area contributed by atoms with Crippen LogP contribution in [0.1, 0.15) is 44.0 Å². The van der Waals surface area contributed by atoms with Gasteiger partial charge in [-0.3, -0.25) is 9.69 Å². The van der Waals surface area contributed by atoms with Crippen LogP contribution in [0.3, 0.4) is 0 Å². The van der Waals surface area contributed by atoms with Crippen LogP contribution >= 0.6 is 0 Å². The van der Waals surface area contributed by atoms with Crippen molar-refractivity contribution in [1.29, 1.82) is 0 Å². The first-order valence-corrected chi connectivity index (χ1v) is 9.75. The molecule has 1 aromatic carbocycles. The molecule has 1 saturated carbocycles. The number of hydrogen-bond acceptors (Lipinski definition) is 4. The average molecular weight is 338 g/mol. The SMILES string of the molecule is CCN(CC)C(C)CNS(=O)(=O)c1ccc(C(=O)C2CC2)cc1. The van der Waals surface area contributed by atoms with Gasteiger partial charge < -0.3 is 0 Å². The summed E-state index contributed by atoms with van der Waals surface area (Å²) in [6.07, 6.45) is 1.90. The van der Waals surface area contributed by atoms with Crippen LogP contribution in [0.25, 0.3) is 0 Å². The molecule has 0 amide bonds. The smallest absolute Gasteiger partial charge is 0.240 e. The third-order valence-corrected chi connectivity index (χ3v) is 5.84. The second-order valence-electron chi connectivity index (χ2n) is 6.09. The third-order valence-electron chi connectivity index (χ3n) is 4.40. The fraction of sp³-hybridized carbons (Fsp3) is 0.588. The minimum absolute atomic E-state index is 0.122. The highest BCUT2D eigenvalue weighted by Gasteiger charge is 2.30. The zero-order valence-electron chi connectivity index (χ0n) is 14.1. The highest BCUT2D eigenvalue weighted by molar-refractivity contribution is 7.89. The van der Waals surface area contributed by atoms with E-state index in [4.69, 9.17) is 0 Å². The summed E-state index contributed by atoms with van der Waals surface area (Å²) < 4.78 is 27.4. The van der Waals surface area contributed by atoms with Gasteiger partial charge in [0.25, 0.3) is 0 Å². The topological polar surface area (TPSA) is 66.5 Å². The Kier molecular flexibility index (Phi) is 5.95. The number of carbonyl (C=O) groups excluding carboxylic acids is 1. The normalized spacial score (nSPS) is 16.5. The van der Waals surface area contributed by atoms with Crippen molar-refractivity contribution in [3.63, 3.8) is 0 Å². The monoisotopic (exact) mass is 338 g/mol. The number of Topliss-reactive ketones (excluding diaryl/α,β-unsaturated/α-hetero) is 1. The maximum atomic E-state index is 12.3. The Hall–Kier alpha value is -1.24. The molecule has 23 heavy (non-hydrogen) atoms. The van der Waals surface area contributed by atoms with E-state index in [1.54, 1.807) is 12.1 Å². The molecule has 0 radical (unpaired) electrons. The summed E-state index contributed by atoms with van der Waals surface area (Å²) in [7, 11) is -3.54. The molecule has 1 fully saturated rings. The van der Waals surface area contributed by atoms with E-state index >= 15 is 0 Å². The molecule has 0 aromatic heterocycles. The molecule has 1 aliphatic carbocycles. The van der Waals surface area contributed by atoms with Crippen molar-refractivity contribution < 1.29 is 13.2 Å². The van der Waals surface area contributed by atoms with Gasteiger partial charge in [-0.25, -0.2) is 13.1 Å². The molecule has 1 atom stereocenters. The summed E-state index contributed by atoms with van der Waals surface area (Å²) in [5, 5.41) is 0. The highest BCUT2D eigenvalue weighted by atomic mass is 32.2. The molecule has 2 rings (SSSR count). The molecule has 1 N–H and O–H groups in total.